The summed E-state index contributed by atoms with van der Waals surface area (Å²) in [6.07, 6.45) is 0.579. The molecule has 1 rings (SSSR count). The minimum atomic E-state index is -1.82. The van der Waals surface area contributed by atoms with Crippen LogP contribution in [0.2, 0.25) is 0 Å². The summed E-state index contributed by atoms with van der Waals surface area (Å²) < 4.78 is 0. The number of carboxylic acids is 2. The number of carbonyl (C=O) groups is 2. The van der Waals surface area contributed by atoms with E-state index >= 15 is 0 Å². The van der Waals surface area contributed by atoms with Crippen LogP contribution in [0.15, 0.2) is 30.3 Å². The van der Waals surface area contributed by atoms with Gasteiger partial charge in [0.2, 0.25) is 0 Å². The van der Waals surface area contributed by atoms with Crippen LogP contribution in [-0.2, 0) is 15.0 Å². The Balaban J connectivity index is 0. The number of benzene rings is 1. The van der Waals surface area contributed by atoms with Gasteiger partial charge in [0, 0.05) is 0 Å². The summed E-state index contributed by atoms with van der Waals surface area (Å²) in [5.41, 5.74) is -1.51. The fourth-order valence-corrected chi connectivity index (χ4v) is 1.79. The van der Waals surface area contributed by atoms with Gasteiger partial charge in [0.1, 0.15) is 0 Å². The average molecular weight is 230 g/mol. The van der Waals surface area contributed by atoms with Gasteiger partial charge < -0.3 is 11.6 Å². The minimum Gasteiger partial charge on any atom is -1.00 e. The monoisotopic (exact) mass is 230 g/mol. The topological polar surface area (TPSA) is 74.6 Å². The second kappa shape index (κ2) is 6.48. The molecule has 0 aliphatic rings. The molecule has 0 amide bonds. The molecule has 0 saturated heterocycles. The Bertz CT molecular complexity index is 380. The van der Waals surface area contributed by atoms with Crippen molar-refractivity contribution in [2.45, 2.75) is 25.2 Å². The van der Waals surface area contributed by atoms with Crippen molar-refractivity contribution in [2.75, 3.05) is 0 Å². The third-order valence-corrected chi connectivity index (χ3v) is 2.62. The SMILES string of the molecule is CCCC(C(=O)O)(C(=O)O)c1ccccc1.[H-].[Li+]. The number of carboxylic acid groups (broad SMARTS) is 2. The minimum absolute atomic E-state index is 0. The maximum atomic E-state index is 11.3. The first-order valence-corrected chi connectivity index (χ1v) is 5.08. The molecule has 4 nitrogen and oxygen atoms in total. The van der Waals surface area contributed by atoms with E-state index < -0.39 is 17.4 Å². The number of hydrogen-bond donors (Lipinski definition) is 2. The van der Waals surface area contributed by atoms with Crippen LogP contribution in [-0.4, -0.2) is 22.2 Å². The van der Waals surface area contributed by atoms with Crippen molar-refractivity contribution < 1.29 is 40.1 Å². The first-order valence-electron chi connectivity index (χ1n) is 5.08. The number of rotatable bonds is 5. The predicted molar refractivity (Wildman–Crippen MR) is 59.4 cm³/mol. The maximum Gasteiger partial charge on any atom is 1.00 e. The molecule has 5 heteroatoms. The van der Waals surface area contributed by atoms with E-state index in [2.05, 4.69) is 0 Å². The molecule has 0 atom stereocenters. The standard InChI is InChI=1S/C12H14O4.Li.H/c1-2-8-12(10(13)14,11(15)16)9-6-4-3-5-7-9;;/h3-7H,2,8H2,1H3,(H,13,14)(H,15,16);;/q;+1;-1. The Hall–Kier alpha value is -1.24. The van der Waals surface area contributed by atoms with Gasteiger partial charge in [0.05, 0.1) is 0 Å². The summed E-state index contributed by atoms with van der Waals surface area (Å²) in [5, 5.41) is 18.4. The van der Waals surface area contributed by atoms with E-state index in [0.717, 1.165) is 0 Å². The van der Waals surface area contributed by atoms with Crippen LogP contribution in [0.25, 0.3) is 0 Å². The molecule has 0 fully saturated rings. The molecule has 0 radical (unpaired) electrons. The summed E-state index contributed by atoms with van der Waals surface area (Å²) in [6.45, 7) is 1.77. The third-order valence-electron chi connectivity index (χ3n) is 2.62. The van der Waals surface area contributed by atoms with Crippen molar-refractivity contribution >= 4 is 11.9 Å². The molecule has 0 aromatic heterocycles. The first-order chi connectivity index (χ1) is 7.55. The summed E-state index contributed by atoms with van der Waals surface area (Å²) in [4.78, 5) is 22.5. The molecule has 0 aliphatic heterocycles. The van der Waals surface area contributed by atoms with Gasteiger partial charge in [-0.25, -0.2) is 0 Å². The average Bonchev–Trinajstić information content (AvgIpc) is 2.26. The fourth-order valence-electron chi connectivity index (χ4n) is 1.79. The third kappa shape index (κ3) is 2.90. The molecule has 1 aromatic carbocycles. The smallest absolute Gasteiger partial charge is 1.00 e. The van der Waals surface area contributed by atoms with Gasteiger partial charge in [-0.15, -0.1) is 0 Å². The van der Waals surface area contributed by atoms with Crippen molar-refractivity contribution in [3.63, 3.8) is 0 Å². The van der Waals surface area contributed by atoms with Crippen LogP contribution in [0.3, 0.4) is 0 Å². The van der Waals surface area contributed by atoms with Crippen LogP contribution in [0.5, 0.6) is 0 Å². The normalized spacial score (nSPS) is 10.4. The molecule has 2 N–H and O–H groups in total. The van der Waals surface area contributed by atoms with Gasteiger partial charge in [0.25, 0.3) is 0 Å². The van der Waals surface area contributed by atoms with Crippen LogP contribution in [0.1, 0.15) is 26.8 Å². The van der Waals surface area contributed by atoms with E-state index in [0.29, 0.717) is 12.0 Å². The summed E-state index contributed by atoms with van der Waals surface area (Å²) in [7, 11) is 0. The van der Waals surface area contributed by atoms with Crippen LogP contribution >= 0.6 is 0 Å². The summed E-state index contributed by atoms with van der Waals surface area (Å²) in [5.74, 6) is -2.62. The molecular weight excluding hydrogens is 215 g/mol. The molecular formula is C12H15LiO4. The Labute approximate surface area is 113 Å². The van der Waals surface area contributed by atoms with E-state index in [-0.39, 0.29) is 26.7 Å². The largest absolute Gasteiger partial charge is 1.00 e. The van der Waals surface area contributed by atoms with Crippen molar-refractivity contribution in [3.05, 3.63) is 35.9 Å². The Morgan fingerprint density at radius 2 is 1.65 bits per heavy atom. The Kier molecular flexibility index (Phi) is 6.01. The zero-order valence-corrected chi connectivity index (χ0v) is 10.0. The molecule has 0 unspecified atom stereocenters. The van der Waals surface area contributed by atoms with Crippen molar-refractivity contribution in [1.82, 2.24) is 0 Å². The summed E-state index contributed by atoms with van der Waals surface area (Å²) in [6, 6.07) is 8.09. The number of aliphatic carboxylic acids is 2. The molecule has 0 spiro atoms. The van der Waals surface area contributed by atoms with Gasteiger partial charge in [0.15, 0.2) is 5.41 Å². The maximum absolute atomic E-state index is 11.3. The van der Waals surface area contributed by atoms with Gasteiger partial charge >= 0.3 is 30.8 Å². The molecule has 0 heterocycles. The van der Waals surface area contributed by atoms with Gasteiger partial charge in [-0.3, -0.25) is 9.59 Å². The quantitative estimate of drug-likeness (QED) is 0.503. The number of hydrogen-bond acceptors (Lipinski definition) is 2. The van der Waals surface area contributed by atoms with Gasteiger partial charge in [-0.1, -0.05) is 43.7 Å². The first kappa shape index (κ1) is 15.8. The second-order valence-corrected chi connectivity index (χ2v) is 3.63. The van der Waals surface area contributed by atoms with E-state index in [4.69, 9.17) is 0 Å². The van der Waals surface area contributed by atoms with Crippen molar-refractivity contribution in [2.24, 2.45) is 0 Å². The van der Waals surface area contributed by atoms with Crippen molar-refractivity contribution in [1.29, 1.82) is 0 Å². The fraction of sp³-hybridized carbons (Fsp3) is 0.333. The molecule has 1 aromatic rings. The van der Waals surface area contributed by atoms with Crippen LogP contribution in [0.4, 0.5) is 0 Å². The molecule has 0 saturated carbocycles. The molecule has 17 heavy (non-hydrogen) atoms. The van der Waals surface area contributed by atoms with Crippen LogP contribution < -0.4 is 18.9 Å². The second-order valence-electron chi connectivity index (χ2n) is 3.63. The molecule has 88 valence electrons. The molecule has 0 bridgehead atoms. The van der Waals surface area contributed by atoms with Gasteiger partial charge in [-0.2, -0.15) is 0 Å². The van der Waals surface area contributed by atoms with E-state index in [1.54, 1.807) is 25.1 Å². The van der Waals surface area contributed by atoms with Crippen molar-refractivity contribution in [3.8, 4) is 0 Å². The summed E-state index contributed by atoms with van der Waals surface area (Å²) >= 11 is 0. The Morgan fingerprint density at radius 1 is 1.18 bits per heavy atom. The Morgan fingerprint density at radius 3 is 2.00 bits per heavy atom. The zero-order chi connectivity index (χ0) is 12.2. The molecule has 0 aliphatic carbocycles. The van der Waals surface area contributed by atoms with E-state index in [1.807, 2.05) is 0 Å². The zero-order valence-electron chi connectivity index (χ0n) is 11.0. The van der Waals surface area contributed by atoms with E-state index in [9.17, 15) is 19.8 Å². The van der Waals surface area contributed by atoms with Crippen LogP contribution in [0, 0.1) is 0 Å². The van der Waals surface area contributed by atoms with E-state index in [1.165, 1.54) is 12.1 Å². The predicted octanol–water partition coefficient (Wildman–Crippen LogP) is -0.990. The van der Waals surface area contributed by atoms with Gasteiger partial charge in [-0.05, 0) is 12.0 Å².